The minimum Gasteiger partial charge on any atom is -0.448 e. The zero-order valence-electron chi connectivity index (χ0n) is 12.6. The van der Waals surface area contributed by atoms with E-state index in [1.165, 1.54) is 12.5 Å². The van der Waals surface area contributed by atoms with Gasteiger partial charge >= 0.3 is 0 Å². The molecule has 3 unspecified atom stereocenters. The van der Waals surface area contributed by atoms with Crippen LogP contribution in [0.3, 0.4) is 0 Å². The molecule has 1 aromatic heterocycles. The van der Waals surface area contributed by atoms with E-state index in [1.807, 2.05) is 0 Å². The van der Waals surface area contributed by atoms with Crippen LogP contribution >= 0.6 is 0 Å². The summed E-state index contributed by atoms with van der Waals surface area (Å²) in [6.07, 6.45) is 8.06. The summed E-state index contributed by atoms with van der Waals surface area (Å²) in [6.45, 7) is 6.55. The Morgan fingerprint density at radius 3 is 2.60 bits per heavy atom. The van der Waals surface area contributed by atoms with Crippen molar-refractivity contribution in [2.75, 3.05) is 0 Å². The summed E-state index contributed by atoms with van der Waals surface area (Å²) < 4.78 is 5.25. The minimum atomic E-state index is -0.522. The van der Waals surface area contributed by atoms with E-state index in [2.05, 4.69) is 25.8 Å². The minimum absolute atomic E-state index is 0.376. The highest BCUT2D eigenvalue weighted by Crippen LogP contribution is 2.32. The van der Waals surface area contributed by atoms with E-state index in [1.54, 1.807) is 5.48 Å². The maximum Gasteiger partial charge on any atom is 0.255 e. The van der Waals surface area contributed by atoms with Crippen LogP contribution in [0.25, 0.3) is 0 Å². The third kappa shape index (κ3) is 4.63. The van der Waals surface area contributed by atoms with E-state index in [0.717, 1.165) is 25.7 Å². The average molecular weight is 282 g/mol. The predicted octanol–water partition coefficient (Wildman–Crippen LogP) is 3.51. The standard InChI is InChI=1S/C15H26N2O3/c1-4-6-11(3)12(7-5-2)10-13(14(18)17-19)15-16-8-9-20-15/h8-9,11-13,19H,4-7,10H2,1-3H3,(H,17,18). The Kier molecular flexibility index (Phi) is 7.30. The molecule has 5 heteroatoms. The fourth-order valence-corrected chi connectivity index (χ4v) is 2.80. The Labute approximate surface area is 120 Å². The molecule has 5 nitrogen and oxygen atoms in total. The van der Waals surface area contributed by atoms with Gasteiger partial charge in [-0.2, -0.15) is 0 Å². The largest absolute Gasteiger partial charge is 0.448 e. The van der Waals surface area contributed by atoms with E-state index in [-0.39, 0.29) is 0 Å². The Hall–Kier alpha value is -1.36. The van der Waals surface area contributed by atoms with Crippen molar-refractivity contribution in [2.45, 2.75) is 58.8 Å². The SMILES string of the molecule is CCCC(C)C(CCC)CC(C(=O)NO)c1ncco1. The number of hydroxylamine groups is 1. The number of nitrogens with zero attached hydrogens (tertiary/aromatic N) is 1. The molecule has 20 heavy (non-hydrogen) atoms. The molecule has 0 saturated heterocycles. The molecule has 1 heterocycles. The maximum atomic E-state index is 11.9. The van der Waals surface area contributed by atoms with Gasteiger partial charge in [-0.15, -0.1) is 0 Å². The highest BCUT2D eigenvalue weighted by atomic mass is 16.5. The molecule has 0 spiro atoms. The van der Waals surface area contributed by atoms with E-state index < -0.39 is 11.8 Å². The van der Waals surface area contributed by atoms with Gasteiger partial charge in [-0.3, -0.25) is 10.0 Å². The Morgan fingerprint density at radius 1 is 1.40 bits per heavy atom. The number of hydrogen-bond acceptors (Lipinski definition) is 4. The number of amides is 1. The summed E-state index contributed by atoms with van der Waals surface area (Å²) in [7, 11) is 0. The molecule has 0 aliphatic rings. The Morgan fingerprint density at radius 2 is 2.10 bits per heavy atom. The molecule has 1 aromatic rings. The molecule has 1 amide bonds. The molecule has 114 valence electrons. The van der Waals surface area contributed by atoms with Gasteiger partial charge in [-0.25, -0.2) is 10.5 Å². The van der Waals surface area contributed by atoms with Crippen molar-refractivity contribution in [3.63, 3.8) is 0 Å². The lowest BCUT2D eigenvalue weighted by atomic mass is 9.80. The molecular formula is C15H26N2O3. The van der Waals surface area contributed by atoms with Crippen LogP contribution in [0.5, 0.6) is 0 Å². The lowest BCUT2D eigenvalue weighted by molar-refractivity contribution is -0.131. The van der Waals surface area contributed by atoms with Gasteiger partial charge in [0.05, 0.1) is 6.20 Å². The van der Waals surface area contributed by atoms with Gasteiger partial charge < -0.3 is 4.42 Å². The second kappa shape index (κ2) is 8.74. The van der Waals surface area contributed by atoms with Gasteiger partial charge in [0.1, 0.15) is 12.2 Å². The topological polar surface area (TPSA) is 75.4 Å². The van der Waals surface area contributed by atoms with Crippen molar-refractivity contribution < 1.29 is 14.4 Å². The maximum absolute atomic E-state index is 11.9. The molecule has 0 bridgehead atoms. The highest BCUT2D eigenvalue weighted by molar-refractivity contribution is 5.81. The fraction of sp³-hybridized carbons (Fsp3) is 0.733. The monoisotopic (exact) mass is 282 g/mol. The van der Waals surface area contributed by atoms with Gasteiger partial charge in [0.15, 0.2) is 0 Å². The second-order valence-corrected chi connectivity index (χ2v) is 5.45. The van der Waals surface area contributed by atoms with E-state index >= 15 is 0 Å². The second-order valence-electron chi connectivity index (χ2n) is 5.45. The first-order valence-corrected chi connectivity index (χ1v) is 7.47. The first kappa shape index (κ1) is 16.7. The van der Waals surface area contributed by atoms with Crippen LogP contribution in [-0.4, -0.2) is 16.1 Å². The lowest BCUT2D eigenvalue weighted by Gasteiger charge is -2.26. The number of hydrogen-bond donors (Lipinski definition) is 2. The van der Waals surface area contributed by atoms with Crippen LogP contribution in [0.4, 0.5) is 0 Å². The summed E-state index contributed by atoms with van der Waals surface area (Å²) in [6, 6.07) is 0. The van der Waals surface area contributed by atoms with Crippen molar-refractivity contribution in [3.05, 3.63) is 18.4 Å². The highest BCUT2D eigenvalue weighted by Gasteiger charge is 2.29. The number of aromatic nitrogens is 1. The van der Waals surface area contributed by atoms with Crippen molar-refractivity contribution in [3.8, 4) is 0 Å². The first-order chi connectivity index (χ1) is 9.63. The van der Waals surface area contributed by atoms with Gasteiger partial charge in [0, 0.05) is 0 Å². The molecule has 0 fully saturated rings. The number of nitrogens with one attached hydrogen (secondary N) is 1. The smallest absolute Gasteiger partial charge is 0.255 e. The summed E-state index contributed by atoms with van der Waals surface area (Å²) >= 11 is 0. The quantitative estimate of drug-likeness (QED) is 0.537. The van der Waals surface area contributed by atoms with Crippen LogP contribution in [0.15, 0.2) is 16.9 Å². The van der Waals surface area contributed by atoms with Crippen LogP contribution in [-0.2, 0) is 4.79 Å². The molecule has 0 aromatic carbocycles. The summed E-state index contributed by atoms with van der Waals surface area (Å²) in [4.78, 5) is 15.9. The number of oxazole rings is 1. The molecule has 3 atom stereocenters. The van der Waals surface area contributed by atoms with Crippen LogP contribution in [0.1, 0.15) is 64.7 Å². The summed E-state index contributed by atoms with van der Waals surface area (Å²) in [5.74, 6) is 0.377. The molecule has 2 N–H and O–H groups in total. The van der Waals surface area contributed by atoms with E-state index in [0.29, 0.717) is 24.1 Å². The molecular weight excluding hydrogens is 256 g/mol. The van der Waals surface area contributed by atoms with Gasteiger partial charge in [-0.05, 0) is 18.3 Å². The van der Waals surface area contributed by atoms with Gasteiger partial charge in [-0.1, -0.05) is 46.5 Å². The van der Waals surface area contributed by atoms with E-state index in [4.69, 9.17) is 9.62 Å². The molecule has 0 radical (unpaired) electrons. The number of carbonyl (C=O) groups is 1. The van der Waals surface area contributed by atoms with Crippen LogP contribution in [0, 0.1) is 11.8 Å². The van der Waals surface area contributed by atoms with Crippen molar-refractivity contribution in [1.82, 2.24) is 10.5 Å². The lowest BCUT2D eigenvalue weighted by Crippen LogP contribution is -2.29. The predicted molar refractivity (Wildman–Crippen MR) is 76.3 cm³/mol. The van der Waals surface area contributed by atoms with Crippen LogP contribution < -0.4 is 5.48 Å². The number of rotatable bonds is 9. The normalized spacial score (nSPS) is 15.6. The molecule has 1 rings (SSSR count). The van der Waals surface area contributed by atoms with Crippen molar-refractivity contribution >= 4 is 5.91 Å². The molecule has 0 aliphatic carbocycles. The zero-order valence-corrected chi connectivity index (χ0v) is 12.6. The fourth-order valence-electron chi connectivity index (χ4n) is 2.80. The zero-order chi connectivity index (χ0) is 15.0. The van der Waals surface area contributed by atoms with E-state index in [9.17, 15) is 4.79 Å². The summed E-state index contributed by atoms with van der Waals surface area (Å²) in [5.41, 5.74) is 1.73. The number of carbonyl (C=O) groups excluding carboxylic acids is 1. The van der Waals surface area contributed by atoms with Crippen molar-refractivity contribution in [1.29, 1.82) is 0 Å². The Balaban J connectivity index is 2.82. The molecule has 0 saturated carbocycles. The Bertz CT molecular complexity index is 378. The molecule has 0 aliphatic heterocycles. The van der Waals surface area contributed by atoms with Gasteiger partial charge in [0.25, 0.3) is 5.91 Å². The summed E-state index contributed by atoms with van der Waals surface area (Å²) in [5, 5.41) is 8.92. The van der Waals surface area contributed by atoms with Crippen molar-refractivity contribution in [2.24, 2.45) is 11.8 Å². The van der Waals surface area contributed by atoms with Crippen LogP contribution in [0.2, 0.25) is 0 Å². The first-order valence-electron chi connectivity index (χ1n) is 7.47. The third-order valence-electron chi connectivity index (χ3n) is 3.92. The average Bonchev–Trinajstić information content (AvgIpc) is 2.96. The third-order valence-corrected chi connectivity index (χ3v) is 3.92. The van der Waals surface area contributed by atoms with Gasteiger partial charge in [0.2, 0.25) is 5.89 Å².